The van der Waals surface area contributed by atoms with E-state index in [1.807, 2.05) is 0 Å². The first-order valence-electron chi connectivity index (χ1n) is 7.98. The fourth-order valence-electron chi connectivity index (χ4n) is 1.92. The first-order chi connectivity index (χ1) is 12.1. The Morgan fingerprint density at radius 2 is 2.04 bits per heavy atom. The Balaban J connectivity index is 1.68. The molecular formula is C16H22N4O3S2. The van der Waals surface area contributed by atoms with E-state index in [-0.39, 0.29) is 5.56 Å². The number of nitrogens with zero attached hydrogens (tertiary/aromatic N) is 3. The van der Waals surface area contributed by atoms with Crippen LogP contribution in [0.5, 0.6) is 5.75 Å². The number of carbonyl (C=O) groups is 1. The molecule has 9 heteroatoms. The summed E-state index contributed by atoms with van der Waals surface area (Å²) in [7, 11) is 0. The summed E-state index contributed by atoms with van der Waals surface area (Å²) in [6.07, 6.45) is 1.95. The number of nitrogens with two attached hydrogens (primary N) is 1. The summed E-state index contributed by atoms with van der Waals surface area (Å²) in [5, 5.41) is 17.8. The highest BCUT2D eigenvalue weighted by molar-refractivity contribution is 7.99. The van der Waals surface area contributed by atoms with E-state index in [2.05, 4.69) is 17.1 Å². The van der Waals surface area contributed by atoms with Crippen molar-refractivity contribution in [1.82, 2.24) is 14.9 Å². The van der Waals surface area contributed by atoms with Crippen molar-refractivity contribution >= 4 is 29.5 Å². The summed E-state index contributed by atoms with van der Waals surface area (Å²) in [5.41, 5.74) is 0.248. The van der Waals surface area contributed by atoms with Gasteiger partial charge < -0.3 is 15.7 Å². The highest BCUT2D eigenvalue weighted by atomic mass is 32.2. The normalized spacial score (nSPS) is 10.8. The second-order valence-corrected chi connectivity index (χ2v) is 7.37. The third-order valence-corrected chi connectivity index (χ3v) is 5.39. The molecule has 1 aromatic carbocycles. The Bertz CT molecular complexity index is 677. The van der Waals surface area contributed by atoms with Crippen LogP contribution in [-0.4, -0.2) is 44.1 Å². The fraction of sp³-hybridized carbons (Fsp3) is 0.438. The number of ether oxygens (including phenoxy) is 1. The smallest absolute Gasteiger partial charge is 0.335 e. The van der Waals surface area contributed by atoms with E-state index in [0.29, 0.717) is 17.5 Å². The van der Waals surface area contributed by atoms with Gasteiger partial charge >= 0.3 is 5.97 Å². The van der Waals surface area contributed by atoms with E-state index >= 15 is 0 Å². The van der Waals surface area contributed by atoms with Crippen molar-refractivity contribution in [3.8, 4) is 5.75 Å². The van der Waals surface area contributed by atoms with Gasteiger partial charge in [0.15, 0.2) is 5.82 Å². The van der Waals surface area contributed by atoms with Crippen LogP contribution in [0.25, 0.3) is 0 Å². The van der Waals surface area contributed by atoms with Crippen LogP contribution >= 0.6 is 23.5 Å². The number of thioether (sulfide) groups is 2. The standard InChI is InChI=1S/C16H22N4O3S2/c1-2-9-24-11-14-18-19-16(20(14)17)25-10-3-8-23-13-6-4-12(5-7-13)15(21)22/h4-7H,2-3,8-11,17H2,1H3,(H,21,22). The number of hydrogen-bond acceptors (Lipinski definition) is 7. The Kier molecular flexibility index (Phi) is 7.93. The Morgan fingerprint density at radius 1 is 1.28 bits per heavy atom. The van der Waals surface area contributed by atoms with Gasteiger partial charge in [-0.05, 0) is 42.9 Å². The molecule has 0 radical (unpaired) electrons. The molecule has 0 atom stereocenters. The zero-order chi connectivity index (χ0) is 18.1. The molecule has 2 rings (SSSR count). The largest absolute Gasteiger partial charge is 0.494 e. The predicted octanol–water partition coefficient (Wildman–Crippen LogP) is 2.89. The lowest BCUT2D eigenvalue weighted by Crippen LogP contribution is -2.13. The molecule has 0 unspecified atom stereocenters. The molecular weight excluding hydrogens is 360 g/mol. The fourth-order valence-corrected chi connectivity index (χ4v) is 3.52. The van der Waals surface area contributed by atoms with Crippen LogP contribution < -0.4 is 10.6 Å². The quantitative estimate of drug-likeness (QED) is 0.347. The molecule has 136 valence electrons. The lowest BCUT2D eigenvalue weighted by atomic mass is 10.2. The van der Waals surface area contributed by atoms with Crippen molar-refractivity contribution in [2.24, 2.45) is 0 Å². The maximum atomic E-state index is 10.8. The van der Waals surface area contributed by atoms with Gasteiger partial charge in [-0.3, -0.25) is 0 Å². The highest BCUT2D eigenvalue weighted by Crippen LogP contribution is 2.19. The number of aromatic carboxylic acids is 1. The molecule has 0 saturated carbocycles. The number of benzene rings is 1. The van der Waals surface area contributed by atoms with Crippen LogP contribution in [0.3, 0.4) is 0 Å². The van der Waals surface area contributed by atoms with Gasteiger partial charge in [0.25, 0.3) is 0 Å². The van der Waals surface area contributed by atoms with Gasteiger partial charge in [0.2, 0.25) is 5.16 Å². The minimum Gasteiger partial charge on any atom is -0.494 e. The van der Waals surface area contributed by atoms with E-state index in [9.17, 15) is 4.79 Å². The van der Waals surface area contributed by atoms with Crippen molar-refractivity contribution in [2.45, 2.75) is 30.7 Å². The number of carboxylic acids is 1. The maximum absolute atomic E-state index is 10.8. The van der Waals surface area contributed by atoms with Crippen LogP contribution in [0, 0.1) is 0 Å². The van der Waals surface area contributed by atoms with Crippen molar-refractivity contribution in [3.63, 3.8) is 0 Å². The minimum absolute atomic E-state index is 0.248. The van der Waals surface area contributed by atoms with Gasteiger partial charge in [-0.1, -0.05) is 18.7 Å². The number of carboxylic acid groups (broad SMARTS) is 1. The van der Waals surface area contributed by atoms with Crippen molar-refractivity contribution < 1.29 is 14.6 Å². The monoisotopic (exact) mass is 382 g/mol. The molecule has 0 fully saturated rings. The number of rotatable bonds is 11. The summed E-state index contributed by atoms with van der Waals surface area (Å²) in [5.74, 6) is 9.18. The topological polar surface area (TPSA) is 103 Å². The maximum Gasteiger partial charge on any atom is 0.335 e. The van der Waals surface area contributed by atoms with Gasteiger partial charge in [0, 0.05) is 5.75 Å². The van der Waals surface area contributed by atoms with Gasteiger partial charge in [0.05, 0.1) is 17.9 Å². The molecule has 1 heterocycles. The molecule has 3 N–H and O–H groups in total. The summed E-state index contributed by atoms with van der Waals surface area (Å²) in [4.78, 5) is 10.8. The van der Waals surface area contributed by atoms with Crippen LogP contribution in [0.4, 0.5) is 0 Å². The van der Waals surface area contributed by atoms with E-state index in [1.165, 1.54) is 12.1 Å². The highest BCUT2D eigenvalue weighted by Gasteiger charge is 2.10. The van der Waals surface area contributed by atoms with Gasteiger partial charge in [-0.2, -0.15) is 11.8 Å². The van der Waals surface area contributed by atoms with Gasteiger partial charge in [-0.25, -0.2) is 9.47 Å². The van der Waals surface area contributed by atoms with Crippen LogP contribution in [0.15, 0.2) is 29.4 Å². The minimum atomic E-state index is -0.943. The SMILES string of the molecule is CCCSCc1nnc(SCCCOc2ccc(C(=O)O)cc2)n1N. The van der Waals surface area contributed by atoms with E-state index in [0.717, 1.165) is 35.9 Å². The Hall–Kier alpha value is -1.87. The third-order valence-electron chi connectivity index (χ3n) is 3.20. The summed E-state index contributed by atoms with van der Waals surface area (Å²) < 4.78 is 7.15. The number of nitrogen functional groups attached to an aromatic ring is 1. The van der Waals surface area contributed by atoms with Crippen LogP contribution in [0.2, 0.25) is 0 Å². The Morgan fingerprint density at radius 3 is 2.72 bits per heavy atom. The van der Waals surface area contributed by atoms with Crippen molar-refractivity contribution in [3.05, 3.63) is 35.7 Å². The predicted molar refractivity (Wildman–Crippen MR) is 101 cm³/mol. The first kappa shape index (κ1) is 19.5. The van der Waals surface area contributed by atoms with E-state index in [4.69, 9.17) is 15.7 Å². The number of hydrogen-bond donors (Lipinski definition) is 2. The molecule has 1 aromatic heterocycles. The first-order valence-corrected chi connectivity index (χ1v) is 10.1. The van der Waals surface area contributed by atoms with Crippen LogP contribution in [-0.2, 0) is 5.75 Å². The van der Waals surface area contributed by atoms with Gasteiger partial charge in [0.1, 0.15) is 5.75 Å². The molecule has 7 nitrogen and oxygen atoms in total. The second-order valence-electron chi connectivity index (χ2n) is 5.20. The lowest BCUT2D eigenvalue weighted by Gasteiger charge is -2.06. The molecule has 0 spiro atoms. The Labute approximate surface area is 155 Å². The van der Waals surface area contributed by atoms with Crippen molar-refractivity contribution in [2.75, 3.05) is 24.0 Å². The molecule has 25 heavy (non-hydrogen) atoms. The number of aromatic nitrogens is 3. The summed E-state index contributed by atoms with van der Waals surface area (Å²) in [6, 6.07) is 6.38. The molecule has 0 aliphatic heterocycles. The summed E-state index contributed by atoms with van der Waals surface area (Å²) >= 11 is 3.34. The molecule has 0 aliphatic carbocycles. The molecule has 0 amide bonds. The molecule has 2 aromatic rings. The summed E-state index contributed by atoms with van der Waals surface area (Å²) in [6.45, 7) is 2.68. The molecule has 0 saturated heterocycles. The van der Waals surface area contributed by atoms with E-state index in [1.54, 1.807) is 40.3 Å². The third kappa shape index (κ3) is 6.17. The van der Waals surface area contributed by atoms with Gasteiger partial charge in [-0.15, -0.1) is 10.2 Å². The average Bonchev–Trinajstić information content (AvgIpc) is 2.95. The average molecular weight is 383 g/mol. The van der Waals surface area contributed by atoms with Crippen molar-refractivity contribution in [1.29, 1.82) is 0 Å². The van der Waals surface area contributed by atoms with E-state index < -0.39 is 5.97 Å². The zero-order valence-corrected chi connectivity index (χ0v) is 15.7. The molecule has 0 bridgehead atoms. The zero-order valence-electron chi connectivity index (χ0n) is 14.1. The second kappa shape index (κ2) is 10.2. The van der Waals surface area contributed by atoms with Crippen LogP contribution in [0.1, 0.15) is 35.9 Å². The molecule has 0 aliphatic rings. The lowest BCUT2D eigenvalue weighted by molar-refractivity contribution is 0.0697.